The Hall–Kier alpha value is -0.670. The Bertz CT molecular complexity index is 254. The number of hydrogen-bond donors (Lipinski definition) is 0. The van der Waals surface area contributed by atoms with Gasteiger partial charge in [-0.05, 0) is 17.9 Å². The van der Waals surface area contributed by atoms with Crippen LogP contribution in [0.5, 0.6) is 0 Å². The number of carbonyl (C=O) groups is 1. The van der Waals surface area contributed by atoms with E-state index in [4.69, 9.17) is 4.74 Å². The summed E-state index contributed by atoms with van der Waals surface area (Å²) in [6.07, 6.45) is 2.71. The van der Waals surface area contributed by atoms with Crippen LogP contribution in [0.1, 0.15) is 36.5 Å². The van der Waals surface area contributed by atoms with E-state index in [-0.39, 0.29) is 5.78 Å². The zero-order chi connectivity index (χ0) is 10.2. The molecule has 0 N–H and O–H groups in total. The fourth-order valence-corrected chi connectivity index (χ4v) is 1.74. The molecule has 3 heteroatoms. The van der Waals surface area contributed by atoms with Gasteiger partial charge in [0.1, 0.15) is 0 Å². The van der Waals surface area contributed by atoms with Crippen LogP contribution in [0.2, 0.25) is 0 Å². The second kappa shape index (κ2) is 6.74. The summed E-state index contributed by atoms with van der Waals surface area (Å²) in [6, 6.07) is 1.86. The van der Waals surface area contributed by atoms with Crippen molar-refractivity contribution in [3.63, 3.8) is 0 Å². The van der Waals surface area contributed by atoms with E-state index in [1.807, 2.05) is 16.8 Å². The van der Waals surface area contributed by atoms with Crippen LogP contribution in [-0.4, -0.2) is 19.0 Å². The van der Waals surface area contributed by atoms with E-state index in [1.54, 1.807) is 11.3 Å². The fourth-order valence-electron chi connectivity index (χ4n) is 1.08. The van der Waals surface area contributed by atoms with Crippen LogP contribution in [0.4, 0.5) is 0 Å². The van der Waals surface area contributed by atoms with Crippen molar-refractivity contribution in [1.82, 2.24) is 0 Å². The number of thiophene rings is 1. The lowest BCUT2D eigenvalue weighted by Gasteiger charge is -2.01. The first-order valence-electron chi connectivity index (χ1n) is 4.97. The van der Waals surface area contributed by atoms with Gasteiger partial charge in [-0.1, -0.05) is 13.3 Å². The maximum Gasteiger partial charge on any atom is 0.166 e. The van der Waals surface area contributed by atoms with Gasteiger partial charge in [0.25, 0.3) is 0 Å². The van der Waals surface area contributed by atoms with Crippen LogP contribution in [0.15, 0.2) is 16.8 Å². The maximum atomic E-state index is 11.5. The first-order chi connectivity index (χ1) is 6.84. The molecule has 1 aromatic heterocycles. The number of carbonyl (C=O) groups excluding carboxylic acids is 1. The lowest BCUT2D eigenvalue weighted by atomic mass is 10.2. The van der Waals surface area contributed by atoms with E-state index < -0.39 is 0 Å². The van der Waals surface area contributed by atoms with Gasteiger partial charge in [-0.25, -0.2) is 0 Å². The third-order valence-electron chi connectivity index (χ3n) is 1.96. The molecule has 1 heterocycles. The zero-order valence-corrected chi connectivity index (χ0v) is 9.31. The van der Waals surface area contributed by atoms with Crippen LogP contribution in [0, 0.1) is 0 Å². The van der Waals surface area contributed by atoms with Crippen molar-refractivity contribution >= 4 is 17.1 Å². The first-order valence-corrected chi connectivity index (χ1v) is 5.92. The van der Waals surface area contributed by atoms with Gasteiger partial charge in [0.15, 0.2) is 5.78 Å². The van der Waals surface area contributed by atoms with Crippen LogP contribution >= 0.6 is 11.3 Å². The molecule has 0 unspecified atom stereocenters. The molecule has 0 spiro atoms. The van der Waals surface area contributed by atoms with Gasteiger partial charge in [-0.3, -0.25) is 4.79 Å². The summed E-state index contributed by atoms with van der Waals surface area (Å²) in [5.74, 6) is 0.183. The predicted octanol–water partition coefficient (Wildman–Crippen LogP) is 3.14. The van der Waals surface area contributed by atoms with Crippen LogP contribution < -0.4 is 0 Å². The molecule has 0 aliphatic carbocycles. The summed E-state index contributed by atoms with van der Waals surface area (Å²) in [6.45, 7) is 3.45. The summed E-state index contributed by atoms with van der Waals surface area (Å²) >= 11 is 1.55. The lowest BCUT2D eigenvalue weighted by Crippen LogP contribution is -2.04. The van der Waals surface area contributed by atoms with Gasteiger partial charge < -0.3 is 4.74 Å². The smallest absolute Gasteiger partial charge is 0.166 e. The molecule has 2 nitrogen and oxygen atoms in total. The molecular formula is C11H16O2S. The summed E-state index contributed by atoms with van der Waals surface area (Å²) in [5.41, 5.74) is 0.814. The van der Waals surface area contributed by atoms with E-state index in [1.165, 1.54) is 0 Å². The second-order valence-corrected chi connectivity index (χ2v) is 3.93. The minimum absolute atomic E-state index is 0.183. The van der Waals surface area contributed by atoms with Crippen molar-refractivity contribution in [3.8, 4) is 0 Å². The van der Waals surface area contributed by atoms with Crippen molar-refractivity contribution in [2.45, 2.75) is 26.2 Å². The summed E-state index contributed by atoms with van der Waals surface area (Å²) in [7, 11) is 0. The molecule has 0 aromatic carbocycles. The van der Waals surface area contributed by atoms with Crippen LogP contribution in [0.25, 0.3) is 0 Å². The average molecular weight is 212 g/mol. The predicted molar refractivity (Wildman–Crippen MR) is 59.0 cm³/mol. The topological polar surface area (TPSA) is 26.3 Å². The summed E-state index contributed by atoms with van der Waals surface area (Å²) in [4.78, 5) is 11.5. The quantitative estimate of drug-likeness (QED) is 0.512. The Morgan fingerprint density at radius 3 is 3.00 bits per heavy atom. The third kappa shape index (κ3) is 4.03. The highest BCUT2D eigenvalue weighted by atomic mass is 32.1. The number of rotatable bonds is 7. The molecule has 0 aliphatic rings. The normalized spacial score (nSPS) is 10.4. The Labute approximate surface area is 88.9 Å². The first kappa shape index (κ1) is 11.4. The highest BCUT2D eigenvalue weighted by Gasteiger charge is 2.04. The fraction of sp³-hybridized carbons (Fsp3) is 0.545. The van der Waals surface area contributed by atoms with Gasteiger partial charge >= 0.3 is 0 Å². The van der Waals surface area contributed by atoms with E-state index >= 15 is 0 Å². The van der Waals surface area contributed by atoms with Crippen LogP contribution in [0.3, 0.4) is 0 Å². The minimum Gasteiger partial charge on any atom is -0.381 e. The molecule has 0 amide bonds. The molecule has 0 fully saturated rings. The number of ether oxygens (including phenoxy) is 1. The average Bonchev–Trinajstić information content (AvgIpc) is 2.70. The molecule has 1 rings (SSSR count). The Morgan fingerprint density at radius 1 is 1.50 bits per heavy atom. The molecule has 0 bridgehead atoms. The highest BCUT2D eigenvalue weighted by molar-refractivity contribution is 7.08. The molecule has 1 aromatic rings. The standard InChI is InChI=1S/C11H16O2S/c1-2-3-6-13-7-4-11(12)10-5-8-14-9-10/h5,8-9H,2-4,6-7H2,1H3. The van der Waals surface area contributed by atoms with Crippen molar-refractivity contribution in [2.24, 2.45) is 0 Å². The van der Waals surface area contributed by atoms with E-state index in [9.17, 15) is 4.79 Å². The molecule has 14 heavy (non-hydrogen) atoms. The van der Waals surface area contributed by atoms with Gasteiger partial charge in [0, 0.05) is 24.0 Å². The molecule has 0 aliphatic heterocycles. The molecular weight excluding hydrogens is 196 g/mol. The van der Waals surface area contributed by atoms with Crippen molar-refractivity contribution in [1.29, 1.82) is 0 Å². The molecule has 0 saturated heterocycles. The Kier molecular flexibility index (Phi) is 5.49. The maximum absolute atomic E-state index is 11.5. The van der Waals surface area contributed by atoms with Crippen molar-refractivity contribution < 1.29 is 9.53 Å². The number of ketones is 1. The Balaban J connectivity index is 2.10. The molecule has 0 saturated carbocycles. The van der Waals surface area contributed by atoms with Crippen LogP contribution in [-0.2, 0) is 4.74 Å². The lowest BCUT2D eigenvalue weighted by molar-refractivity contribution is 0.0874. The Morgan fingerprint density at radius 2 is 2.36 bits per heavy atom. The zero-order valence-electron chi connectivity index (χ0n) is 8.49. The second-order valence-electron chi connectivity index (χ2n) is 3.15. The SMILES string of the molecule is CCCCOCCC(=O)c1ccsc1. The van der Waals surface area contributed by atoms with Crippen molar-refractivity contribution in [2.75, 3.05) is 13.2 Å². The highest BCUT2D eigenvalue weighted by Crippen LogP contribution is 2.08. The van der Waals surface area contributed by atoms with Crippen molar-refractivity contribution in [3.05, 3.63) is 22.4 Å². The molecule has 0 radical (unpaired) electrons. The number of Topliss-reactive ketones (excluding diaryl/α,β-unsaturated/α-hetero) is 1. The largest absolute Gasteiger partial charge is 0.381 e. The van der Waals surface area contributed by atoms with Gasteiger partial charge in [-0.15, -0.1) is 0 Å². The van der Waals surface area contributed by atoms with E-state index in [2.05, 4.69) is 6.92 Å². The van der Waals surface area contributed by atoms with Gasteiger partial charge in [0.05, 0.1) is 6.61 Å². The van der Waals surface area contributed by atoms with E-state index in [0.717, 1.165) is 25.0 Å². The molecule has 78 valence electrons. The monoisotopic (exact) mass is 212 g/mol. The summed E-state index contributed by atoms with van der Waals surface area (Å²) in [5, 5.41) is 3.81. The minimum atomic E-state index is 0.183. The van der Waals surface area contributed by atoms with Gasteiger partial charge in [0.2, 0.25) is 0 Å². The molecule has 0 atom stereocenters. The summed E-state index contributed by atoms with van der Waals surface area (Å²) < 4.78 is 5.33. The van der Waals surface area contributed by atoms with E-state index in [0.29, 0.717) is 13.0 Å². The number of hydrogen-bond acceptors (Lipinski definition) is 3. The third-order valence-corrected chi connectivity index (χ3v) is 2.64. The number of unbranched alkanes of at least 4 members (excludes halogenated alkanes) is 1. The van der Waals surface area contributed by atoms with Gasteiger partial charge in [-0.2, -0.15) is 11.3 Å².